The van der Waals surface area contributed by atoms with Crippen LogP contribution in [0, 0.1) is 0 Å². The lowest BCUT2D eigenvalue weighted by Gasteiger charge is -2.21. The van der Waals surface area contributed by atoms with E-state index in [1.807, 2.05) is 103 Å². The Morgan fingerprint density at radius 2 is 1.03 bits per heavy atom. The topological polar surface area (TPSA) is 26.3 Å². The van der Waals surface area contributed by atoms with Gasteiger partial charge in [-0.1, -0.05) is 97.1 Å². The summed E-state index contributed by atoms with van der Waals surface area (Å²) in [6.07, 6.45) is 0.873. The molecule has 0 saturated heterocycles. The molecule has 1 aliphatic rings. The Labute approximate surface area is 199 Å². The molecule has 0 aliphatic heterocycles. The predicted molar refractivity (Wildman–Crippen MR) is 141 cm³/mol. The van der Waals surface area contributed by atoms with E-state index in [-0.39, 0.29) is 0 Å². The molecule has 0 aromatic heterocycles. The molecule has 0 amide bonds. The van der Waals surface area contributed by atoms with Crippen molar-refractivity contribution in [2.75, 3.05) is 0 Å². The number of benzene rings is 5. The number of hydrogen-bond donors (Lipinski definition) is 0. The standard InChI is InChI=1S/C31H23O2P/c32-34(27-12-6-2-7-13-27,28-14-8-3-9-15-28)29-19-17-24-20-23-16-18-26(21-30(23)31(24)22-29)33-25-10-4-1-5-11-25/h1-19,21-22H,20H2. The third-order valence-electron chi connectivity index (χ3n) is 6.43. The van der Waals surface area contributed by atoms with E-state index in [0.29, 0.717) is 0 Å². The van der Waals surface area contributed by atoms with Gasteiger partial charge in [-0.15, -0.1) is 0 Å². The Bertz CT molecular complexity index is 1470. The number of rotatable bonds is 5. The van der Waals surface area contributed by atoms with Crippen molar-refractivity contribution in [2.24, 2.45) is 0 Å². The van der Waals surface area contributed by atoms with Crippen LogP contribution in [0.2, 0.25) is 0 Å². The molecule has 164 valence electrons. The Balaban J connectivity index is 1.47. The van der Waals surface area contributed by atoms with E-state index in [0.717, 1.165) is 45.0 Å². The van der Waals surface area contributed by atoms with Crippen LogP contribution in [0.25, 0.3) is 11.1 Å². The summed E-state index contributed by atoms with van der Waals surface area (Å²) in [6.45, 7) is 0. The zero-order valence-corrected chi connectivity index (χ0v) is 19.5. The number of fused-ring (bicyclic) bond motifs is 3. The van der Waals surface area contributed by atoms with E-state index < -0.39 is 7.14 Å². The first-order chi connectivity index (χ1) is 16.7. The summed E-state index contributed by atoms with van der Waals surface area (Å²) in [5.41, 5.74) is 4.81. The molecule has 5 aromatic carbocycles. The van der Waals surface area contributed by atoms with Crippen molar-refractivity contribution in [2.45, 2.75) is 6.42 Å². The Morgan fingerprint density at radius 3 is 1.65 bits per heavy atom. The average molecular weight is 458 g/mol. The van der Waals surface area contributed by atoms with E-state index in [4.69, 9.17) is 4.74 Å². The number of ether oxygens (including phenoxy) is 1. The van der Waals surface area contributed by atoms with Crippen LogP contribution in [0.15, 0.2) is 127 Å². The third-order valence-corrected chi connectivity index (χ3v) is 9.48. The van der Waals surface area contributed by atoms with Crippen molar-refractivity contribution >= 4 is 23.1 Å². The van der Waals surface area contributed by atoms with E-state index in [1.165, 1.54) is 11.1 Å². The van der Waals surface area contributed by atoms with Crippen LogP contribution in [0.1, 0.15) is 11.1 Å². The monoisotopic (exact) mass is 458 g/mol. The molecule has 0 fully saturated rings. The molecule has 0 radical (unpaired) electrons. The maximum atomic E-state index is 14.8. The Hall–Kier alpha value is -3.87. The smallest absolute Gasteiger partial charge is 0.171 e. The van der Waals surface area contributed by atoms with E-state index in [9.17, 15) is 4.57 Å². The molecule has 3 heteroatoms. The van der Waals surface area contributed by atoms with Gasteiger partial charge in [0.25, 0.3) is 0 Å². The maximum absolute atomic E-state index is 14.8. The summed E-state index contributed by atoms with van der Waals surface area (Å²) in [4.78, 5) is 0. The predicted octanol–water partition coefficient (Wildman–Crippen LogP) is 6.69. The molecule has 0 spiro atoms. The second-order valence-electron chi connectivity index (χ2n) is 8.53. The molecule has 0 atom stereocenters. The zero-order valence-electron chi connectivity index (χ0n) is 18.6. The number of para-hydroxylation sites is 1. The highest BCUT2D eigenvalue weighted by atomic mass is 31.2. The minimum Gasteiger partial charge on any atom is -0.457 e. The normalized spacial score (nSPS) is 12.1. The van der Waals surface area contributed by atoms with E-state index in [1.54, 1.807) is 0 Å². The molecule has 1 aliphatic carbocycles. The minimum atomic E-state index is -3.02. The van der Waals surface area contributed by atoms with Crippen LogP contribution >= 0.6 is 7.14 Å². The van der Waals surface area contributed by atoms with Crippen molar-refractivity contribution in [3.05, 3.63) is 139 Å². The Kier molecular flexibility index (Phi) is 5.17. The van der Waals surface area contributed by atoms with Gasteiger partial charge in [-0.25, -0.2) is 0 Å². The van der Waals surface area contributed by atoms with Crippen molar-refractivity contribution in [3.63, 3.8) is 0 Å². The molecule has 0 saturated carbocycles. The molecule has 5 aromatic rings. The van der Waals surface area contributed by atoms with Gasteiger partial charge in [-0.05, 0) is 59.0 Å². The van der Waals surface area contributed by atoms with Gasteiger partial charge in [-0.3, -0.25) is 0 Å². The molecule has 0 heterocycles. The van der Waals surface area contributed by atoms with E-state index in [2.05, 4.69) is 24.3 Å². The molecule has 6 rings (SSSR count). The van der Waals surface area contributed by atoms with Gasteiger partial charge >= 0.3 is 0 Å². The fourth-order valence-electron chi connectivity index (χ4n) is 4.74. The molecule has 0 bridgehead atoms. The van der Waals surface area contributed by atoms with Crippen LogP contribution < -0.4 is 20.7 Å². The van der Waals surface area contributed by atoms with Crippen molar-refractivity contribution in [3.8, 4) is 22.6 Å². The van der Waals surface area contributed by atoms with Crippen LogP contribution in [0.4, 0.5) is 0 Å². The van der Waals surface area contributed by atoms with E-state index >= 15 is 0 Å². The summed E-state index contributed by atoms with van der Waals surface area (Å²) in [5, 5.41) is 2.55. The third kappa shape index (κ3) is 3.57. The quantitative estimate of drug-likeness (QED) is 0.269. The molecule has 2 nitrogen and oxygen atoms in total. The minimum absolute atomic E-state index is 0.803. The van der Waals surface area contributed by atoms with Crippen LogP contribution in [0.5, 0.6) is 11.5 Å². The SMILES string of the molecule is O=P(c1ccccc1)(c1ccccc1)c1ccc2c(c1)-c1cc(Oc3ccccc3)ccc1C2. The fraction of sp³-hybridized carbons (Fsp3) is 0.0323. The van der Waals surface area contributed by atoms with Gasteiger partial charge in [-0.2, -0.15) is 0 Å². The van der Waals surface area contributed by atoms with Gasteiger partial charge in [0.1, 0.15) is 11.5 Å². The highest BCUT2D eigenvalue weighted by molar-refractivity contribution is 7.85. The molecular formula is C31H23O2P. The van der Waals surface area contributed by atoms with Gasteiger partial charge in [0.2, 0.25) is 0 Å². The van der Waals surface area contributed by atoms with Crippen molar-refractivity contribution in [1.82, 2.24) is 0 Å². The van der Waals surface area contributed by atoms with Crippen molar-refractivity contribution < 1.29 is 9.30 Å². The second-order valence-corrected chi connectivity index (χ2v) is 11.3. The zero-order chi connectivity index (χ0) is 23.0. The second kappa shape index (κ2) is 8.48. The largest absolute Gasteiger partial charge is 0.457 e. The first-order valence-electron chi connectivity index (χ1n) is 11.4. The summed E-state index contributed by atoms with van der Waals surface area (Å²) in [7, 11) is -3.02. The lowest BCUT2D eigenvalue weighted by molar-refractivity contribution is 0.483. The van der Waals surface area contributed by atoms with Gasteiger partial charge in [0, 0.05) is 15.9 Å². The molecular weight excluding hydrogens is 435 g/mol. The van der Waals surface area contributed by atoms with Gasteiger partial charge < -0.3 is 9.30 Å². The summed E-state index contributed by atoms with van der Waals surface area (Å²) >= 11 is 0. The highest BCUT2D eigenvalue weighted by Gasteiger charge is 2.31. The van der Waals surface area contributed by atoms with Crippen LogP contribution in [-0.4, -0.2) is 0 Å². The molecule has 0 N–H and O–H groups in total. The molecule has 0 unspecified atom stereocenters. The summed E-state index contributed by atoms with van der Waals surface area (Å²) < 4.78 is 20.9. The highest BCUT2D eigenvalue weighted by Crippen LogP contribution is 2.45. The lowest BCUT2D eigenvalue weighted by Crippen LogP contribution is -2.25. The molecule has 34 heavy (non-hydrogen) atoms. The van der Waals surface area contributed by atoms with Crippen molar-refractivity contribution in [1.29, 1.82) is 0 Å². The Morgan fingerprint density at radius 1 is 0.500 bits per heavy atom. The summed E-state index contributed by atoms with van der Waals surface area (Å²) in [5.74, 6) is 1.62. The average Bonchev–Trinajstić information content (AvgIpc) is 3.27. The lowest BCUT2D eigenvalue weighted by atomic mass is 10.1. The fourth-order valence-corrected chi connectivity index (χ4v) is 7.42. The number of hydrogen-bond acceptors (Lipinski definition) is 2. The van der Waals surface area contributed by atoms with Gasteiger partial charge in [0.15, 0.2) is 7.14 Å². The first-order valence-corrected chi connectivity index (χ1v) is 13.1. The first kappa shape index (κ1) is 20.7. The summed E-state index contributed by atoms with van der Waals surface area (Å²) in [6, 6.07) is 42.1. The van der Waals surface area contributed by atoms with Gasteiger partial charge in [0.05, 0.1) is 0 Å². The van der Waals surface area contributed by atoms with Crippen LogP contribution in [-0.2, 0) is 11.0 Å². The van der Waals surface area contributed by atoms with Crippen LogP contribution in [0.3, 0.4) is 0 Å². The maximum Gasteiger partial charge on any atom is 0.171 e.